The fraction of sp³-hybridized carbons (Fsp3) is 0.250. The molecule has 0 amide bonds. The molecule has 10 heavy (non-hydrogen) atoms. The molecule has 0 saturated carbocycles. The molecule has 0 bridgehead atoms. The first-order chi connectivity index (χ1) is 4.86. The lowest BCUT2D eigenvalue weighted by Crippen LogP contribution is -1.93. The standard InChI is InChI=1S/C8H8O2/c9-5-7-2-1-3-8(4-7)6-10/h2,4-6H,1,3H2. The summed E-state index contributed by atoms with van der Waals surface area (Å²) in [6, 6.07) is 0. The highest BCUT2D eigenvalue weighted by atomic mass is 16.1. The van der Waals surface area contributed by atoms with Gasteiger partial charge in [0.25, 0.3) is 0 Å². The zero-order chi connectivity index (χ0) is 7.40. The first-order valence-electron chi connectivity index (χ1n) is 3.18. The van der Waals surface area contributed by atoms with Crippen LogP contribution in [0.25, 0.3) is 0 Å². The van der Waals surface area contributed by atoms with Gasteiger partial charge in [-0.3, -0.25) is 9.59 Å². The lowest BCUT2D eigenvalue weighted by molar-refractivity contribution is -0.105. The number of allylic oxidation sites excluding steroid dienone is 4. The molecule has 0 unspecified atom stereocenters. The molecular formula is C8H8O2. The number of rotatable bonds is 2. The van der Waals surface area contributed by atoms with Crippen molar-refractivity contribution in [3.63, 3.8) is 0 Å². The molecule has 0 radical (unpaired) electrons. The molecule has 2 heteroatoms. The molecule has 0 heterocycles. The molecule has 52 valence electrons. The Kier molecular flexibility index (Phi) is 2.15. The van der Waals surface area contributed by atoms with Gasteiger partial charge in [-0.2, -0.15) is 0 Å². The minimum Gasteiger partial charge on any atom is -0.298 e. The molecule has 0 aliphatic heterocycles. The minimum atomic E-state index is 0.619. The van der Waals surface area contributed by atoms with Gasteiger partial charge in [0.1, 0.15) is 12.6 Å². The number of aldehydes is 2. The smallest absolute Gasteiger partial charge is 0.149 e. The Morgan fingerprint density at radius 2 is 2.10 bits per heavy atom. The van der Waals surface area contributed by atoms with Crippen molar-refractivity contribution in [2.45, 2.75) is 12.8 Å². The minimum absolute atomic E-state index is 0.619. The summed E-state index contributed by atoms with van der Waals surface area (Å²) in [7, 11) is 0. The van der Waals surface area contributed by atoms with Crippen LogP contribution in [0.2, 0.25) is 0 Å². The van der Waals surface area contributed by atoms with Gasteiger partial charge < -0.3 is 0 Å². The molecule has 1 aliphatic carbocycles. The van der Waals surface area contributed by atoms with Crippen molar-refractivity contribution in [1.82, 2.24) is 0 Å². The number of hydrogen-bond donors (Lipinski definition) is 0. The first kappa shape index (κ1) is 6.93. The lowest BCUT2D eigenvalue weighted by Gasteiger charge is -2.02. The van der Waals surface area contributed by atoms with E-state index in [0.29, 0.717) is 11.1 Å². The predicted octanol–water partition coefficient (Wildman–Crippen LogP) is 1.03. The Hall–Kier alpha value is -1.18. The van der Waals surface area contributed by atoms with Crippen molar-refractivity contribution < 1.29 is 9.59 Å². The summed E-state index contributed by atoms with van der Waals surface area (Å²) in [5.41, 5.74) is 1.33. The second kappa shape index (κ2) is 3.11. The van der Waals surface area contributed by atoms with Gasteiger partial charge in [0.05, 0.1) is 0 Å². The Bertz CT molecular complexity index is 211. The van der Waals surface area contributed by atoms with Crippen molar-refractivity contribution >= 4 is 12.6 Å². The van der Waals surface area contributed by atoms with Crippen LogP contribution in [0.3, 0.4) is 0 Å². The maximum atomic E-state index is 10.2. The Labute approximate surface area is 59.2 Å². The van der Waals surface area contributed by atoms with Gasteiger partial charge in [-0.25, -0.2) is 0 Å². The molecule has 0 aromatic rings. The van der Waals surface area contributed by atoms with E-state index in [1.54, 1.807) is 6.08 Å². The van der Waals surface area contributed by atoms with Crippen LogP contribution >= 0.6 is 0 Å². The van der Waals surface area contributed by atoms with Crippen LogP contribution in [0, 0.1) is 0 Å². The van der Waals surface area contributed by atoms with E-state index < -0.39 is 0 Å². The van der Waals surface area contributed by atoms with Crippen molar-refractivity contribution in [3.05, 3.63) is 23.3 Å². The molecule has 0 saturated heterocycles. The first-order valence-corrected chi connectivity index (χ1v) is 3.18. The van der Waals surface area contributed by atoms with Crippen LogP contribution in [0.1, 0.15) is 12.8 Å². The summed E-state index contributed by atoms with van der Waals surface area (Å²) in [5.74, 6) is 0. The summed E-state index contributed by atoms with van der Waals surface area (Å²) >= 11 is 0. The summed E-state index contributed by atoms with van der Waals surface area (Å²) in [6.07, 6.45) is 6.60. The molecule has 2 nitrogen and oxygen atoms in total. The van der Waals surface area contributed by atoms with Gasteiger partial charge in [-0.15, -0.1) is 0 Å². The maximum Gasteiger partial charge on any atom is 0.149 e. The second-order valence-electron chi connectivity index (χ2n) is 2.20. The van der Waals surface area contributed by atoms with Crippen LogP contribution in [0.15, 0.2) is 23.3 Å². The average Bonchev–Trinajstić information content (AvgIpc) is 2.05. The normalized spacial score (nSPS) is 17.2. The second-order valence-corrected chi connectivity index (χ2v) is 2.20. The van der Waals surface area contributed by atoms with E-state index >= 15 is 0 Å². The Balaban J connectivity index is 2.79. The summed E-state index contributed by atoms with van der Waals surface area (Å²) in [4.78, 5) is 20.4. The highest BCUT2D eigenvalue weighted by Crippen LogP contribution is 2.13. The van der Waals surface area contributed by atoms with Crippen molar-refractivity contribution in [1.29, 1.82) is 0 Å². The molecular weight excluding hydrogens is 128 g/mol. The Morgan fingerprint density at radius 1 is 1.30 bits per heavy atom. The molecule has 0 N–H and O–H groups in total. The third-order valence-corrected chi connectivity index (χ3v) is 1.45. The molecule has 0 atom stereocenters. The van der Waals surface area contributed by atoms with E-state index in [4.69, 9.17) is 0 Å². The number of hydrogen-bond acceptors (Lipinski definition) is 2. The van der Waals surface area contributed by atoms with Crippen LogP contribution in [-0.4, -0.2) is 12.6 Å². The third kappa shape index (κ3) is 1.41. The van der Waals surface area contributed by atoms with Crippen LogP contribution in [0.5, 0.6) is 0 Å². The predicted molar refractivity (Wildman–Crippen MR) is 37.5 cm³/mol. The zero-order valence-electron chi connectivity index (χ0n) is 5.54. The van der Waals surface area contributed by atoms with E-state index in [2.05, 4.69) is 0 Å². The lowest BCUT2D eigenvalue weighted by atomic mass is 10.0. The maximum absolute atomic E-state index is 10.2. The van der Waals surface area contributed by atoms with Crippen molar-refractivity contribution in [2.24, 2.45) is 0 Å². The number of carbonyl (C=O) groups is 2. The van der Waals surface area contributed by atoms with Gasteiger partial charge in [0, 0.05) is 5.57 Å². The monoisotopic (exact) mass is 136 g/mol. The zero-order valence-corrected chi connectivity index (χ0v) is 5.54. The van der Waals surface area contributed by atoms with Gasteiger partial charge >= 0.3 is 0 Å². The van der Waals surface area contributed by atoms with Gasteiger partial charge in [0.2, 0.25) is 0 Å². The fourth-order valence-corrected chi connectivity index (χ4v) is 0.926. The number of carbonyl (C=O) groups excluding carboxylic acids is 2. The SMILES string of the molecule is O=CC1=CCCC(C=O)=C1. The molecule has 1 rings (SSSR count). The summed E-state index contributed by atoms with van der Waals surface area (Å²) < 4.78 is 0. The molecule has 0 spiro atoms. The molecule has 0 fully saturated rings. The van der Waals surface area contributed by atoms with Gasteiger partial charge in [-0.1, -0.05) is 6.08 Å². The van der Waals surface area contributed by atoms with Gasteiger partial charge in [0.15, 0.2) is 0 Å². The molecule has 0 aromatic heterocycles. The van der Waals surface area contributed by atoms with Gasteiger partial charge in [-0.05, 0) is 24.5 Å². The molecule has 1 aliphatic rings. The topological polar surface area (TPSA) is 34.1 Å². The highest BCUT2D eigenvalue weighted by molar-refractivity contribution is 5.84. The average molecular weight is 136 g/mol. The highest BCUT2D eigenvalue weighted by Gasteiger charge is 2.02. The van der Waals surface area contributed by atoms with Crippen LogP contribution in [-0.2, 0) is 9.59 Å². The van der Waals surface area contributed by atoms with Crippen molar-refractivity contribution in [3.8, 4) is 0 Å². The van der Waals surface area contributed by atoms with E-state index in [0.717, 1.165) is 25.4 Å². The largest absolute Gasteiger partial charge is 0.298 e. The summed E-state index contributed by atoms with van der Waals surface area (Å²) in [6.45, 7) is 0. The van der Waals surface area contributed by atoms with Crippen LogP contribution < -0.4 is 0 Å². The summed E-state index contributed by atoms with van der Waals surface area (Å²) in [5, 5.41) is 0. The van der Waals surface area contributed by atoms with Crippen LogP contribution in [0.4, 0.5) is 0 Å². The van der Waals surface area contributed by atoms with E-state index in [9.17, 15) is 9.59 Å². The Morgan fingerprint density at radius 3 is 2.70 bits per heavy atom. The molecule has 0 aromatic carbocycles. The van der Waals surface area contributed by atoms with E-state index in [-0.39, 0.29) is 0 Å². The van der Waals surface area contributed by atoms with E-state index in [1.165, 1.54) is 0 Å². The quantitative estimate of drug-likeness (QED) is 0.531. The fourth-order valence-electron chi connectivity index (χ4n) is 0.926. The van der Waals surface area contributed by atoms with E-state index in [1.807, 2.05) is 6.08 Å². The third-order valence-electron chi connectivity index (χ3n) is 1.45. The van der Waals surface area contributed by atoms with Crippen molar-refractivity contribution in [2.75, 3.05) is 0 Å².